The van der Waals surface area contributed by atoms with E-state index in [0.29, 0.717) is 6.42 Å². The normalized spacial score (nSPS) is 15.5. The smallest absolute Gasteiger partial charge is 0.338 e. The highest BCUT2D eigenvalue weighted by atomic mass is 16.5. The van der Waals surface area contributed by atoms with Gasteiger partial charge in [0.2, 0.25) is 0 Å². The number of benzene rings is 1. The first-order valence-electron chi connectivity index (χ1n) is 7.33. The average Bonchev–Trinajstić information content (AvgIpc) is 2.41. The van der Waals surface area contributed by atoms with E-state index in [-0.39, 0.29) is 12.5 Å². The van der Waals surface area contributed by atoms with Crippen LogP contribution < -0.4 is 0 Å². The molecule has 0 saturated heterocycles. The molecule has 3 nitrogen and oxygen atoms in total. The molecule has 1 aromatic rings. The Hall–Kier alpha value is -1.35. The quantitative estimate of drug-likeness (QED) is 0.810. The highest BCUT2D eigenvalue weighted by Crippen LogP contribution is 2.34. The molecule has 112 valence electrons. The Labute approximate surface area is 122 Å². The molecule has 0 bridgehead atoms. The fourth-order valence-electron chi connectivity index (χ4n) is 2.44. The summed E-state index contributed by atoms with van der Waals surface area (Å²) in [5.74, 6) is -0.812. The summed E-state index contributed by atoms with van der Waals surface area (Å²) in [4.78, 5) is 12.1. The van der Waals surface area contributed by atoms with Gasteiger partial charge in [-0.25, -0.2) is 4.79 Å². The first kappa shape index (κ1) is 16.7. The van der Waals surface area contributed by atoms with Gasteiger partial charge in [0.25, 0.3) is 0 Å². The molecule has 1 aromatic carbocycles. The molecular formula is C17H26O3. The molecule has 1 N–H and O–H groups in total. The monoisotopic (exact) mass is 278 g/mol. The summed E-state index contributed by atoms with van der Waals surface area (Å²) >= 11 is 0. The maximum Gasteiger partial charge on any atom is 0.338 e. The van der Waals surface area contributed by atoms with Crippen LogP contribution in [0.4, 0.5) is 0 Å². The summed E-state index contributed by atoms with van der Waals surface area (Å²) in [6, 6.07) is 6.05. The van der Waals surface area contributed by atoms with E-state index in [0.717, 1.165) is 17.5 Å². The van der Waals surface area contributed by atoms with Crippen LogP contribution in [0.5, 0.6) is 0 Å². The van der Waals surface area contributed by atoms with Crippen LogP contribution in [0.1, 0.15) is 56.2 Å². The topological polar surface area (TPSA) is 46.5 Å². The van der Waals surface area contributed by atoms with Gasteiger partial charge in [-0.15, -0.1) is 0 Å². The first-order valence-corrected chi connectivity index (χ1v) is 7.33. The van der Waals surface area contributed by atoms with Gasteiger partial charge in [0.05, 0.1) is 6.61 Å². The molecular weight excluding hydrogens is 252 g/mol. The van der Waals surface area contributed by atoms with Gasteiger partial charge in [0, 0.05) is 5.92 Å². The highest BCUT2D eigenvalue weighted by molar-refractivity contribution is 5.80. The Balaban J connectivity index is 3.12. The number of ether oxygens (including phenoxy) is 1. The molecule has 0 amide bonds. The van der Waals surface area contributed by atoms with Crippen molar-refractivity contribution in [2.24, 2.45) is 0 Å². The van der Waals surface area contributed by atoms with E-state index < -0.39 is 11.6 Å². The van der Waals surface area contributed by atoms with Crippen LogP contribution in [0, 0.1) is 13.8 Å². The van der Waals surface area contributed by atoms with Gasteiger partial charge < -0.3 is 9.84 Å². The first-order chi connectivity index (χ1) is 9.36. The fraction of sp³-hybridized carbons (Fsp3) is 0.588. The zero-order valence-corrected chi connectivity index (χ0v) is 13.2. The van der Waals surface area contributed by atoms with Crippen LogP contribution in [0.3, 0.4) is 0 Å². The van der Waals surface area contributed by atoms with Crippen molar-refractivity contribution in [2.45, 2.75) is 59.0 Å². The van der Waals surface area contributed by atoms with E-state index in [1.807, 2.05) is 45.9 Å². The van der Waals surface area contributed by atoms with Crippen LogP contribution in [0.2, 0.25) is 0 Å². The lowest BCUT2D eigenvalue weighted by Crippen LogP contribution is -2.44. The van der Waals surface area contributed by atoms with Crippen molar-refractivity contribution in [2.75, 3.05) is 6.61 Å². The van der Waals surface area contributed by atoms with Crippen molar-refractivity contribution in [1.82, 2.24) is 0 Å². The maximum absolute atomic E-state index is 12.1. The maximum atomic E-state index is 12.1. The van der Waals surface area contributed by atoms with E-state index in [4.69, 9.17) is 4.74 Å². The van der Waals surface area contributed by atoms with Gasteiger partial charge in [0.1, 0.15) is 0 Å². The van der Waals surface area contributed by atoms with E-state index >= 15 is 0 Å². The van der Waals surface area contributed by atoms with Crippen LogP contribution in [-0.4, -0.2) is 23.3 Å². The molecule has 20 heavy (non-hydrogen) atoms. The third-order valence-corrected chi connectivity index (χ3v) is 4.01. The zero-order valence-electron chi connectivity index (χ0n) is 13.2. The minimum atomic E-state index is -1.45. The third-order valence-electron chi connectivity index (χ3n) is 4.01. The molecule has 0 radical (unpaired) electrons. The standard InChI is InChI=1S/C17H26O3/c1-6-10-17(19,16(18)20-7-2)14(5)15-9-8-12(3)13(4)11-15/h8-9,11,14,19H,6-7,10H2,1-5H3. The van der Waals surface area contributed by atoms with Crippen molar-refractivity contribution >= 4 is 5.97 Å². The lowest BCUT2D eigenvalue weighted by atomic mass is 9.79. The number of hydrogen-bond donors (Lipinski definition) is 1. The van der Waals surface area contributed by atoms with E-state index in [2.05, 4.69) is 0 Å². The van der Waals surface area contributed by atoms with Gasteiger partial charge in [-0.3, -0.25) is 0 Å². The summed E-state index contributed by atoms with van der Waals surface area (Å²) in [5.41, 5.74) is 1.89. The fourth-order valence-corrected chi connectivity index (χ4v) is 2.44. The van der Waals surface area contributed by atoms with Crippen LogP contribution in [-0.2, 0) is 9.53 Å². The number of rotatable bonds is 6. The predicted molar refractivity (Wildman–Crippen MR) is 80.8 cm³/mol. The van der Waals surface area contributed by atoms with Gasteiger partial charge in [-0.05, 0) is 43.9 Å². The molecule has 0 fully saturated rings. The molecule has 0 aliphatic carbocycles. The van der Waals surface area contributed by atoms with Crippen molar-refractivity contribution in [1.29, 1.82) is 0 Å². The highest BCUT2D eigenvalue weighted by Gasteiger charge is 2.42. The van der Waals surface area contributed by atoms with Gasteiger partial charge >= 0.3 is 5.97 Å². The predicted octanol–water partition coefficient (Wildman–Crippen LogP) is 3.50. The van der Waals surface area contributed by atoms with Gasteiger partial charge in [-0.2, -0.15) is 0 Å². The Morgan fingerprint density at radius 1 is 1.30 bits per heavy atom. The summed E-state index contributed by atoms with van der Waals surface area (Å²) in [5, 5.41) is 10.8. The largest absolute Gasteiger partial charge is 0.464 e. The molecule has 0 aliphatic heterocycles. The summed E-state index contributed by atoms with van der Waals surface area (Å²) in [7, 11) is 0. The van der Waals surface area contributed by atoms with Gasteiger partial charge in [0.15, 0.2) is 5.60 Å². The van der Waals surface area contributed by atoms with Crippen molar-refractivity contribution in [3.63, 3.8) is 0 Å². The minimum absolute atomic E-state index is 0.282. The van der Waals surface area contributed by atoms with Crippen molar-refractivity contribution < 1.29 is 14.6 Å². The SMILES string of the molecule is CCCC(O)(C(=O)OCC)C(C)c1ccc(C)c(C)c1. The molecule has 0 aliphatic rings. The molecule has 0 aromatic heterocycles. The van der Waals surface area contributed by atoms with Crippen LogP contribution in [0.25, 0.3) is 0 Å². The molecule has 0 saturated carbocycles. The number of carbonyl (C=O) groups is 1. The van der Waals surface area contributed by atoms with Crippen LogP contribution in [0.15, 0.2) is 18.2 Å². The van der Waals surface area contributed by atoms with E-state index in [9.17, 15) is 9.90 Å². The molecule has 0 heterocycles. The Bertz CT molecular complexity index is 467. The van der Waals surface area contributed by atoms with E-state index in [1.165, 1.54) is 5.56 Å². The molecule has 0 spiro atoms. The number of esters is 1. The number of aliphatic hydroxyl groups is 1. The lowest BCUT2D eigenvalue weighted by molar-refractivity contribution is -0.168. The number of carbonyl (C=O) groups excluding carboxylic acids is 1. The second-order valence-corrected chi connectivity index (χ2v) is 5.46. The third kappa shape index (κ3) is 3.40. The lowest BCUT2D eigenvalue weighted by Gasteiger charge is -2.32. The van der Waals surface area contributed by atoms with Crippen molar-refractivity contribution in [3.05, 3.63) is 34.9 Å². The Morgan fingerprint density at radius 3 is 2.45 bits per heavy atom. The molecule has 3 heteroatoms. The molecule has 1 rings (SSSR count). The average molecular weight is 278 g/mol. The molecule has 2 unspecified atom stereocenters. The van der Waals surface area contributed by atoms with E-state index in [1.54, 1.807) is 6.92 Å². The number of aryl methyl sites for hydroxylation is 2. The summed E-state index contributed by atoms with van der Waals surface area (Å²) in [6.45, 7) is 9.96. The number of hydrogen-bond acceptors (Lipinski definition) is 3. The van der Waals surface area contributed by atoms with Crippen LogP contribution >= 0.6 is 0 Å². The van der Waals surface area contributed by atoms with Crippen molar-refractivity contribution in [3.8, 4) is 0 Å². The minimum Gasteiger partial charge on any atom is -0.464 e. The Kier molecular flexibility index (Phi) is 5.75. The second-order valence-electron chi connectivity index (χ2n) is 5.46. The molecule has 2 atom stereocenters. The summed E-state index contributed by atoms with van der Waals surface area (Å²) in [6.07, 6.45) is 1.13. The zero-order chi connectivity index (χ0) is 15.3. The second kappa shape index (κ2) is 6.89. The summed E-state index contributed by atoms with van der Waals surface area (Å²) < 4.78 is 5.07. The van der Waals surface area contributed by atoms with Gasteiger partial charge in [-0.1, -0.05) is 38.5 Å². The Morgan fingerprint density at radius 2 is 1.95 bits per heavy atom.